The van der Waals surface area contributed by atoms with Crippen LogP contribution in [0.5, 0.6) is 0 Å². The van der Waals surface area contributed by atoms with E-state index in [0.29, 0.717) is 0 Å². The van der Waals surface area contributed by atoms with E-state index in [0.717, 1.165) is 0 Å². The first-order valence-corrected chi connectivity index (χ1v) is 12.9. The van der Waals surface area contributed by atoms with Crippen molar-refractivity contribution in [3.8, 4) is 0 Å². The summed E-state index contributed by atoms with van der Waals surface area (Å²) in [5.41, 5.74) is -11.0. The van der Waals surface area contributed by atoms with Crippen molar-refractivity contribution in [2.24, 2.45) is 0 Å². The van der Waals surface area contributed by atoms with Gasteiger partial charge in [-0.1, -0.05) is 0 Å². The number of alkyl halides is 6. The van der Waals surface area contributed by atoms with Crippen molar-refractivity contribution in [2.45, 2.75) is 11.0 Å². The lowest BCUT2D eigenvalue weighted by atomic mass is 10.7. The van der Waals surface area contributed by atoms with Crippen LogP contribution in [0.25, 0.3) is 0 Å². The fourth-order valence-electron chi connectivity index (χ4n) is 1.74. The van der Waals surface area contributed by atoms with E-state index >= 15 is 0 Å². The van der Waals surface area contributed by atoms with Crippen LogP contribution in [0.4, 0.5) is 26.3 Å². The fourth-order valence-corrected chi connectivity index (χ4v) is 2.58. The molecule has 0 N–H and O–H groups in total. The van der Waals surface area contributed by atoms with Gasteiger partial charge in [-0.05, 0) is 0 Å². The minimum Gasteiger partial charge on any atom is -0.377 e. The van der Waals surface area contributed by atoms with Crippen LogP contribution < -0.4 is 0 Å². The topological polar surface area (TPSA) is 142 Å². The third-order valence-electron chi connectivity index (χ3n) is 3.36. The van der Waals surface area contributed by atoms with Crippen LogP contribution in [0, 0.1) is 0 Å². The molecule has 0 saturated heterocycles. The van der Waals surface area contributed by atoms with Crippen LogP contribution in [-0.4, -0.2) is 120 Å². The van der Waals surface area contributed by atoms with Gasteiger partial charge in [0, 0.05) is 0 Å². The Morgan fingerprint density at radius 1 is 0.361 bits per heavy atom. The Bertz CT molecular complexity index is 695. The summed E-state index contributed by atoms with van der Waals surface area (Å²) >= 11 is 0. The first-order valence-electron chi connectivity index (χ1n) is 10.1. The summed E-state index contributed by atoms with van der Waals surface area (Å²) in [7, 11) is -11.3. The van der Waals surface area contributed by atoms with Crippen molar-refractivity contribution in [1.29, 1.82) is 0 Å². The van der Waals surface area contributed by atoms with Crippen molar-refractivity contribution < 1.29 is 80.0 Å². The van der Waals surface area contributed by atoms with Crippen LogP contribution in [0.2, 0.25) is 0 Å². The molecule has 0 bridgehead atoms. The van der Waals surface area contributed by atoms with Crippen LogP contribution in [0.3, 0.4) is 0 Å². The van der Waals surface area contributed by atoms with Gasteiger partial charge in [0.25, 0.3) is 0 Å². The van der Waals surface area contributed by atoms with Gasteiger partial charge >= 0.3 is 31.3 Å². The molecule has 0 spiro atoms. The molecule has 0 heterocycles. The number of halogens is 6. The van der Waals surface area contributed by atoms with Crippen LogP contribution in [0.1, 0.15) is 0 Å². The summed E-state index contributed by atoms with van der Waals surface area (Å²) in [4.78, 5) is 0. The molecule has 0 atom stereocenters. The molecule has 0 aliphatic heterocycles. The van der Waals surface area contributed by atoms with Crippen molar-refractivity contribution in [3.63, 3.8) is 0 Å². The zero-order chi connectivity index (χ0) is 27.6. The predicted molar refractivity (Wildman–Crippen MR) is 107 cm³/mol. The van der Waals surface area contributed by atoms with Crippen LogP contribution in [-0.2, 0) is 57.0 Å². The highest BCUT2D eigenvalue weighted by atomic mass is 32.2. The van der Waals surface area contributed by atoms with Crippen molar-refractivity contribution >= 4 is 20.2 Å². The highest BCUT2D eigenvalue weighted by Gasteiger charge is 2.47. The molecular weight excluding hydrogens is 562 g/mol. The molecular formula is C16H28F6O12S2. The molecule has 0 aromatic carbocycles. The molecule has 0 aromatic heterocycles. The van der Waals surface area contributed by atoms with Crippen molar-refractivity contribution in [2.75, 3.05) is 92.5 Å². The average molecular weight is 591 g/mol. The van der Waals surface area contributed by atoms with E-state index in [1.165, 1.54) is 0 Å². The first-order chi connectivity index (χ1) is 16.7. The predicted octanol–water partition coefficient (Wildman–Crippen LogP) is 0.818. The van der Waals surface area contributed by atoms with E-state index < -0.39 is 44.5 Å². The maximum Gasteiger partial charge on any atom is 0.523 e. The molecule has 0 unspecified atom stereocenters. The Kier molecular flexibility index (Phi) is 18.0. The van der Waals surface area contributed by atoms with Gasteiger partial charge in [-0.15, -0.1) is 0 Å². The zero-order valence-electron chi connectivity index (χ0n) is 18.9. The van der Waals surface area contributed by atoms with E-state index in [4.69, 9.17) is 28.4 Å². The Morgan fingerprint density at radius 3 is 0.694 bits per heavy atom. The normalized spacial score (nSPS) is 13.4. The molecule has 0 aliphatic rings. The van der Waals surface area contributed by atoms with E-state index in [-0.39, 0.29) is 79.3 Å². The molecule has 0 rings (SSSR count). The van der Waals surface area contributed by atoms with Crippen LogP contribution in [0.15, 0.2) is 0 Å². The van der Waals surface area contributed by atoms with Crippen LogP contribution >= 0.6 is 0 Å². The molecule has 0 aromatic rings. The molecule has 0 radical (unpaired) electrons. The summed E-state index contributed by atoms with van der Waals surface area (Å²) in [6, 6.07) is 0. The zero-order valence-corrected chi connectivity index (χ0v) is 20.5. The highest BCUT2D eigenvalue weighted by Crippen LogP contribution is 2.25. The minimum atomic E-state index is -5.63. The largest absolute Gasteiger partial charge is 0.523 e. The Balaban J connectivity index is 3.30. The lowest BCUT2D eigenvalue weighted by Crippen LogP contribution is -2.27. The van der Waals surface area contributed by atoms with E-state index in [9.17, 15) is 43.2 Å². The van der Waals surface area contributed by atoms with Gasteiger partial charge < -0.3 is 28.4 Å². The molecule has 0 amide bonds. The second-order valence-electron chi connectivity index (χ2n) is 6.12. The average Bonchev–Trinajstić information content (AvgIpc) is 2.75. The molecule has 0 fully saturated rings. The number of hydrogen-bond acceptors (Lipinski definition) is 12. The lowest BCUT2D eigenvalue weighted by molar-refractivity contribution is -0.0567. The summed E-state index contributed by atoms with van der Waals surface area (Å²) in [6.07, 6.45) is 0. The van der Waals surface area contributed by atoms with Crippen molar-refractivity contribution in [1.82, 2.24) is 0 Å². The van der Waals surface area contributed by atoms with Gasteiger partial charge in [-0.2, -0.15) is 43.2 Å². The summed E-state index contributed by atoms with van der Waals surface area (Å²) in [5, 5.41) is 0. The Morgan fingerprint density at radius 2 is 0.528 bits per heavy atom. The quantitative estimate of drug-likeness (QED) is 0.0720. The number of ether oxygens (including phenoxy) is 6. The van der Waals surface area contributed by atoms with Gasteiger partial charge in [0.05, 0.1) is 92.5 Å². The second kappa shape index (κ2) is 18.4. The van der Waals surface area contributed by atoms with E-state index in [2.05, 4.69) is 8.37 Å². The maximum atomic E-state index is 12.0. The maximum absolute atomic E-state index is 12.0. The monoisotopic (exact) mass is 590 g/mol. The second-order valence-corrected chi connectivity index (χ2v) is 9.33. The standard InChI is InChI=1S/C16H28F6O12S2/c17-15(18,19)35(23,24)33-13-11-31-9-7-29-5-3-27-1-2-28-4-6-30-8-10-32-12-14-34-36(25,26)16(20,21)22/h1-14H2. The van der Waals surface area contributed by atoms with Gasteiger partial charge in [-0.3, -0.25) is 8.37 Å². The molecule has 0 aliphatic carbocycles. The molecule has 36 heavy (non-hydrogen) atoms. The molecule has 218 valence electrons. The lowest BCUT2D eigenvalue weighted by Gasteiger charge is -2.09. The summed E-state index contributed by atoms with van der Waals surface area (Å²) in [5.74, 6) is 0. The number of hydrogen-bond donors (Lipinski definition) is 0. The van der Waals surface area contributed by atoms with E-state index in [1.54, 1.807) is 0 Å². The Labute approximate surface area is 204 Å². The summed E-state index contributed by atoms with van der Waals surface area (Å²) < 4.78 is 152. The van der Waals surface area contributed by atoms with Gasteiger partial charge in [0.15, 0.2) is 0 Å². The third-order valence-corrected chi connectivity index (χ3v) is 5.45. The smallest absolute Gasteiger partial charge is 0.377 e. The number of rotatable bonds is 23. The summed E-state index contributed by atoms with van der Waals surface area (Å²) in [6.45, 7) is -0.652. The van der Waals surface area contributed by atoms with Crippen molar-refractivity contribution in [3.05, 3.63) is 0 Å². The van der Waals surface area contributed by atoms with Gasteiger partial charge in [0.1, 0.15) is 0 Å². The van der Waals surface area contributed by atoms with Gasteiger partial charge in [-0.25, -0.2) is 0 Å². The van der Waals surface area contributed by atoms with E-state index in [1.807, 2.05) is 0 Å². The molecule has 20 heteroatoms. The molecule has 0 saturated carbocycles. The molecule has 12 nitrogen and oxygen atoms in total. The fraction of sp³-hybridized carbons (Fsp3) is 1.00. The highest BCUT2D eigenvalue weighted by molar-refractivity contribution is 7.87. The van der Waals surface area contributed by atoms with Gasteiger partial charge in [0.2, 0.25) is 0 Å². The first kappa shape index (κ1) is 35.2. The third kappa shape index (κ3) is 17.6. The Hall–Kier alpha value is -0.840. The minimum absolute atomic E-state index is 0.0112. The SMILES string of the molecule is O=S(=O)(OCCOCCOCCOCCOCCOCCOCCOS(=O)(=O)C(F)(F)F)C(F)(F)F.